The number of hydrogen-bond acceptors (Lipinski definition) is 2. The largest absolute Gasteiger partial charge is 0.269 e. The smallest absolute Gasteiger partial charge is 0.257 e. The van der Waals surface area contributed by atoms with E-state index in [1.165, 1.54) is 6.07 Å². The Labute approximate surface area is 111 Å². The number of hydrogen-bond donors (Lipinski definition) is 1. The topological polar surface area (TPSA) is 50.2 Å². The number of aromatic amines is 1. The van der Waals surface area contributed by atoms with E-state index in [0.29, 0.717) is 17.9 Å². The van der Waals surface area contributed by atoms with Gasteiger partial charge in [-0.15, -0.1) is 0 Å². The van der Waals surface area contributed by atoms with E-state index in [9.17, 15) is 4.79 Å². The predicted molar refractivity (Wildman–Crippen MR) is 72.8 cm³/mol. The van der Waals surface area contributed by atoms with E-state index in [1.54, 1.807) is 10.5 Å². The molecule has 1 N–H and O–H groups in total. The van der Waals surface area contributed by atoms with Gasteiger partial charge in [-0.2, -0.15) is 5.10 Å². The highest BCUT2D eigenvalue weighted by atomic mass is 79.9. The van der Waals surface area contributed by atoms with Gasteiger partial charge in [0.15, 0.2) is 0 Å². The minimum Gasteiger partial charge on any atom is -0.269 e. The van der Waals surface area contributed by atoms with Crippen LogP contribution < -0.4 is 5.56 Å². The molecule has 3 aromatic rings. The summed E-state index contributed by atoms with van der Waals surface area (Å²) in [5.41, 5.74) is 1.76. The van der Waals surface area contributed by atoms with Crippen molar-refractivity contribution in [3.8, 4) is 0 Å². The number of fused-ring (bicyclic) bond motifs is 1. The molecule has 0 aliphatic rings. The molecule has 0 spiro atoms. The van der Waals surface area contributed by atoms with Crippen LogP contribution in [0.15, 0.2) is 51.7 Å². The minimum atomic E-state index is -0.0637. The van der Waals surface area contributed by atoms with Gasteiger partial charge in [-0.05, 0) is 23.8 Å². The van der Waals surface area contributed by atoms with Gasteiger partial charge in [0.25, 0.3) is 5.56 Å². The summed E-state index contributed by atoms with van der Waals surface area (Å²) in [7, 11) is 0. The predicted octanol–water partition coefficient (Wildman–Crippen LogP) is 2.38. The van der Waals surface area contributed by atoms with E-state index in [-0.39, 0.29) is 5.56 Å². The van der Waals surface area contributed by atoms with Crippen LogP contribution in [-0.2, 0) is 6.42 Å². The van der Waals surface area contributed by atoms with Crippen molar-refractivity contribution in [2.24, 2.45) is 0 Å². The van der Waals surface area contributed by atoms with Gasteiger partial charge in [0, 0.05) is 17.0 Å². The third-order valence-corrected chi connectivity index (χ3v) is 3.26. The normalized spacial score (nSPS) is 10.9. The zero-order chi connectivity index (χ0) is 12.5. The molecule has 0 aliphatic carbocycles. The van der Waals surface area contributed by atoms with Crippen molar-refractivity contribution in [3.63, 3.8) is 0 Å². The summed E-state index contributed by atoms with van der Waals surface area (Å²) in [4.78, 5) is 11.8. The first-order chi connectivity index (χ1) is 8.74. The van der Waals surface area contributed by atoms with Crippen LogP contribution in [0.5, 0.6) is 0 Å². The molecular formula is C13H10BrN3O. The van der Waals surface area contributed by atoms with Crippen molar-refractivity contribution in [2.45, 2.75) is 6.42 Å². The number of pyridine rings is 1. The van der Waals surface area contributed by atoms with Crippen molar-refractivity contribution in [1.82, 2.24) is 14.6 Å². The van der Waals surface area contributed by atoms with Gasteiger partial charge in [-0.1, -0.05) is 34.1 Å². The molecule has 0 saturated heterocycles. The Bertz CT molecular complexity index is 760. The Kier molecular flexibility index (Phi) is 2.76. The summed E-state index contributed by atoms with van der Waals surface area (Å²) in [6.07, 6.45) is 0.614. The molecule has 0 atom stereocenters. The van der Waals surface area contributed by atoms with Crippen LogP contribution in [0.4, 0.5) is 0 Å². The lowest BCUT2D eigenvalue weighted by Crippen LogP contribution is -2.13. The summed E-state index contributed by atoms with van der Waals surface area (Å²) < 4.78 is 2.62. The molecule has 4 nitrogen and oxygen atoms in total. The van der Waals surface area contributed by atoms with Crippen LogP contribution in [0.3, 0.4) is 0 Å². The molecule has 0 fully saturated rings. The Hall–Kier alpha value is -1.88. The lowest BCUT2D eigenvalue weighted by Gasteiger charge is -2.00. The number of nitrogens with one attached hydrogen (secondary N) is 1. The molecule has 5 heteroatoms. The first kappa shape index (κ1) is 11.2. The van der Waals surface area contributed by atoms with Crippen molar-refractivity contribution < 1.29 is 0 Å². The van der Waals surface area contributed by atoms with Crippen LogP contribution in [0.1, 0.15) is 11.4 Å². The van der Waals surface area contributed by atoms with Crippen LogP contribution in [0.2, 0.25) is 0 Å². The maximum atomic E-state index is 11.8. The second kappa shape index (κ2) is 4.42. The number of rotatable bonds is 2. The highest BCUT2D eigenvalue weighted by Crippen LogP contribution is 2.14. The van der Waals surface area contributed by atoms with Crippen LogP contribution in [0, 0.1) is 0 Å². The lowest BCUT2D eigenvalue weighted by molar-refractivity contribution is 0.917. The van der Waals surface area contributed by atoms with Gasteiger partial charge in [0.05, 0.1) is 0 Å². The standard InChI is InChI=1S/C13H10BrN3O/c14-10-4-1-3-9(7-10)8-12-16-15-11-5-2-6-13(18)17(11)12/h1-7,15H,8H2. The monoisotopic (exact) mass is 303 g/mol. The van der Waals surface area contributed by atoms with E-state index >= 15 is 0 Å². The fourth-order valence-corrected chi connectivity index (χ4v) is 2.41. The summed E-state index contributed by atoms with van der Waals surface area (Å²) in [5.74, 6) is 0.716. The highest BCUT2D eigenvalue weighted by Gasteiger charge is 2.07. The van der Waals surface area contributed by atoms with Gasteiger partial charge >= 0.3 is 0 Å². The van der Waals surface area contributed by atoms with E-state index in [1.807, 2.05) is 30.3 Å². The number of nitrogens with zero attached hydrogens (tertiary/aromatic N) is 2. The van der Waals surface area contributed by atoms with Crippen LogP contribution >= 0.6 is 15.9 Å². The van der Waals surface area contributed by atoms with Gasteiger partial charge in [0.2, 0.25) is 0 Å². The number of halogens is 1. The quantitative estimate of drug-likeness (QED) is 0.790. The average molecular weight is 304 g/mol. The Morgan fingerprint density at radius 2 is 2.06 bits per heavy atom. The fraction of sp³-hybridized carbons (Fsp3) is 0.0769. The van der Waals surface area contributed by atoms with Crippen LogP contribution in [0.25, 0.3) is 5.65 Å². The molecular weight excluding hydrogens is 294 g/mol. The first-order valence-corrected chi connectivity index (χ1v) is 6.33. The number of aromatic nitrogens is 3. The molecule has 0 bridgehead atoms. The van der Waals surface area contributed by atoms with Crippen LogP contribution in [-0.4, -0.2) is 14.6 Å². The van der Waals surface area contributed by atoms with E-state index in [4.69, 9.17) is 0 Å². The van der Waals surface area contributed by atoms with E-state index < -0.39 is 0 Å². The zero-order valence-electron chi connectivity index (χ0n) is 9.43. The lowest BCUT2D eigenvalue weighted by atomic mass is 10.1. The van der Waals surface area contributed by atoms with Crippen molar-refractivity contribution >= 4 is 21.6 Å². The Morgan fingerprint density at radius 1 is 1.22 bits per heavy atom. The number of benzene rings is 1. The molecule has 0 unspecified atom stereocenters. The first-order valence-electron chi connectivity index (χ1n) is 5.53. The zero-order valence-corrected chi connectivity index (χ0v) is 11.0. The average Bonchev–Trinajstić information content (AvgIpc) is 2.74. The Morgan fingerprint density at radius 3 is 2.89 bits per heavy atom. The summed E-state index contributed by atoms with van der Waals surface area (Å²) >= 11 is 3.43. The molecule has 18 heavy (non-hydrogen) atoms. The second-order valence-electron chi connectivity index (χ2n) is 4.03. The SMILES string of the molecule is O=c1cccc2[nH]nc(Cc3cccc(Br)c3)n12. The fourth-order valence-electron chi connectivity index (χ4n) is 1.96. The summed E-state index contributed by atoms with van der Waals surface area (Å²) in [6, 6.07) is 13.1. The molecule has 0 radical (unpaired) electrons. The Balaban J connectivity index is 2.08. The van der Waals surface area contributed by atoms with E-state index in [2.05, 4.69) is 26.1 Å². The summed E-state index contributed by atoms with van der Waals surface area (Å²) in [6.45, 7) is 0. The van der Waals surface area contributed by atoms with Crippen molar-refractivity contribution in [3.05, 3.63) is 68.7 Å². The molecule has 2 aromatic heterocycles. The van der Waals surface area contributed by atoms with E-state index in [0.717, 1.165) is 10.0 Å². The van der Waals surface area contributed by atoms with Gasteiger partial charge < -0.3 is 0 Å². The van der Waals surface area contributed by atoms with Crippen molar-refractivity contribution in [1.29, 1.82) is 0 Å². The molecule has 0 amide bonds. The molecule has 90 valence electrons. The highest BCUT2D eigenvalue weighted by molar-refractivity contribution is 9.10. The maximum Gasteiger partial charge on any atom is 0.257 e. The van der Waals surface area contributed by atoms with Gasteiger partial charge in [-0.25, -0.2) is 4.40 Å². The van der Waals surface area contributed by atoms with Gasteiger partial charge in [0.1, 0.15) is 11.5 Å². The molecule has 0 saturated carbocycles. The van der Waals surface area contributed by atoms with Crippen molar-refractivity contribution in [2.75, 3.05) is 0 Å². The second-order valence-corrected chi connectivity index (χ2v) is 4.95. The van der Waals surface area contributed by atoms with Gasteiger partial charge in [-0.3, -0.25) is 9.89 Å². The third kappa shape index (κ3) is 1.97. The molecule has 0 aliphatic heterocycles. The summed E-state index contributed by atoms with van der Waals surface area (Å²) in [5, 5.41) is 7.07. The maximum absolute atomic E-state index is 11.8. The third-order valence-electron chi connectivity index (χ3n) is 2.76. The molecule has 1 aromatic carbocycles. The molecule has 3 rings (SSSR count). The molecule has 2 heterocycles. The number of H-pyrrole nitrogens is 1. The minimum absolute atomic E-state index is 0.0637.